The highest BCUT2D eigenvalue weighted by molar-refractivity contribution is 5.58. The molecule has 0 spiro atoms. The van der Waals surface area contributed by atoms with Crippen molar-refractivity contribution in [1.82, 2.24) is 10.5 Å². The van der Waals surface area contributed by atoms with Crippen LogP contribution in [0.3, 0.4) is 0 Å². The molecule has 0 aliphatic heterocycles. The highest BCUT2D eigenvalue weighted by Crippen LogP contribution is 2.24. The number of nitrogens with zero attached hydrogens (tertiary/aromatic N) is 1. The van der Waals surface area contributed by atoms with E-state index in [2.05, 4.69) is 17.4 Å². The Labute approximate surface area is 104 Å². The van der Waals surface area contributed by atoms with E-state index in [0.29, 0.717) is 12.2 Å². The van der Waals surface area contributed by atoms with E-state index < -0.39 is 11.6 Å². The Morgan fingerprint density at radius 1 is 1.28 bits per heavy atom. The van der Waals surface area contributed by atoms with Gasteiger partial charge in [0.15, 0.2) is 5.76 Å². The standard InChI is InChI=1S/C13H14F2N2O/c1-2-5-16-8-10-7-13(18-17-10)11-6-9(14)3-4-12(11)15/h3-4,6-7,16H,2,5,8H2,1H3. The Morgan fingerprint density at radius 3 is 2.89 bits per heavy atom. The molecule has 3 nitrogen and oxygen atoms in total. The van der Waals surface area contributed by atoms with E-state index >= 15 is 0 Å². The second kappa shape index (κ2) is 5.73. The van der Waals surface area contributed by atoms with Crippen LogP contribution in [0.1, 0.15) is 19.0 Å². The van der Waals surface area contributed by atoms with Crippen molar-refractivity contribution in [3.63, 3.8) is 0 Å². The van der Waals surface area contributed by atoms with Crippen LogP contribution in [0.5, 0.6) is 0 Å². The first-order valence-corrected chi connectivity index (χ1v) is 5.82. The summed E-state index contributed by atoms with van der Waals surface area (Å²) in [6.07, 6.45) is 1.02. The van der Waals surface area contributed by atoms with Crippen molar-refractivity contribution >= 4 is 0 Å². The van der Waals surface area contributed by atoms with Gasteiger partial charge in [-0.25, -0.2) is 8.78 Å². The van der Waals surface area contributed by atoms with Crippen LogP contribution in [-0.4, -0.2) is 11.7 Å². The van der Waals surface area contributed by atoms with Gasteiger partial charge in [-0.1, -0.05) is 12.1 Å². The predicted octanol–water partition coefficient (Wildman–Crippen LogP) is 3.12. The lowest BCUT2D eigenvalue weighted by molar-refractivity contribution is 0.417. The van der Waals surface area contributed by atoms with E-state index in [1.807, 2.05) is 0 Å². The van der Waals surface area contributed by atoms with Gasteiger partial charge < -0.3 is 9.84 Å². The molecular formula is C13H14F2N2O. The van der Waals surface area contributed by atoms with Gasteiger partial charge in [0.05, 0.1) is 11.3 Å². The highest BCUT2D eigenvalue weighted by atomic mass is 19.1. The summed E-state index contributed by atoms with van der Waals surface area (Å²) in [7, 11) is 0. The van der Waals surface area contributed by atoms with Crippen molar-refractivity contribution in [1.29, 1.82) is 0 Å². The monoisotopic (exact) mass is 252 g/mol. The van der Waals surface area contributed by atoms with Crippen LogP contribution in [0.4, 0.5) is 8.78 Å². The number of rotatable bonds is 5. The molecule has 0 unspecified atom stereocenters. The molecule has 1 heterocycles. The highest BCUT2D eigenvalue weighted by Gasteiger charge is 2.12. The molecule has 0 fully saturated rings. The molecule has 2 aromatic rings. The summed E-state index contributed by atoms with van der Waals surface area (Å²) in [6, 6.07) is 4.85. The molecule has 18 heavy (non-hydrogen) atoms. The Bertz CT molecular complexity index is 525. The Hall–Kier alpha value is -1.75. The smallest absolute Gasteiger partial charge is 0.170 e. The fourth-order valence-corrected chi connectivity index (χ4v) is 1.60. The maximum Gasteiger partial charge on any atom is 0.170 e. The second-order valence-corrected chi connectivity index (χ2v) is 3.98. The second-order valence-electron chi connectivity index (χ2n) is 3.98. The topological polar surface area (TPSA) is 38.1 Å². The van der Waals surface area contributed by atoms with E-state index in [4.69, 9.17) is 4.52 Å². The Kier molecular flexibility index (Phi) is 4.04. The summed E-state index contributed by atoms with van der Waals surface area (Å²) in [5.74, 6) is -0.797. The van der Waals surface area contributed by atoms with Crippen LogP contribution >= 0.6 is 0 Å². The number of halogens is 2. The SMILES string of the molecule is CCCNCc1cc(-c2cc(F)ccc2F)on1. The molecule has 0 bridgehead atoms. The summed E-state index contributed by atoms with van der Waals surface area (Å²) in [4.78, 5) is 0. The van der Waals surface area contributed by atoms with Gasteiger partial charge in [0.2, 0.25) is 0 Å². The van der Waals surface area contributed by atoms with Crippen molar-refractivity contribution < 1.29 is 13.3 Å². The summed E-state index contributed by atoms with van der Waals surface area (Å²) in [5.41, 5.74) is 0.756. The summed E-state index contributed by atoms with van der Waals surface area (Å²) in [6.45, 7) is 3.48. The number of nitrogens with one attached hydrogen (secondary N) is 1. The fraction of sp³-hybridized carbons (Fsp3) is 0.308. The zero-order valence-electron chi connectivity index (χ0n) is 10.0. The fourth-order valence-electron chi connectivity index (χ4n) is 1.60. The van der Waals surface area contributed by atoms with Crippen LogP contribution < -0.4 is 5.32 Å². The summed E-state index contributed by atoms with van der Waals surface area (Å²) < 4.78 is 31.6. The van der Waals surface area contributed by atoms with Gasteiger partial charge in [-0.05, 0) is 31.2 Å². The van der Waals surface area contributed by atoms with Gasteiger partial charge in [-0.2, -0.15) is 0 Å². The van der Waals surface area contributed by atoms with Crippen LogP contribution in [0.25, 0.3) is 11.3 Å². The molecule has 1 aromatic heterocycles. The molecule has 2 rings (SSSR count). The molecule has 0 radical (unpaired) electrons. The van der Waals surface area contributed by atoms with Crippen molar-refractivity contribution in [3.05, 3.63) is 41.6 Å². The van der Waals surface area contributed by atoms with Crippen molar-refractivity contribution in [2.45, 2.75) is 19.9 Å². The van der Waals surface area contributed by atoms with E-state index in [9.17, 15) is 8.78 Å². The van der Waals surface area contributed by atoms with Crippen molar-refractivity contribution in [2.24, 2.45) is 0 Å². The molecule has 0 aliphatic carbocycles. The molecule has 96 valence electrons. The Balaban J connectivity index is 2.16. The molecular weight excluding hydrogens is 238 g/mol. The number of benzene rings is 1. The van der Waals surface area contributed by atoms with Gasteiger partial charge in [-0.3, -0.25) is 0 Å². The lowest BCUT2D eigenvalue weighted by Gasteiger charge is -1.98. The average Bonchev–Trinajstić information content (AvgIpc) is 2.81. The van der Waals surface area contributed by atoms with E-state index in [0.717, 1.165) is 31.2 Å². The van der Waals surface area contributed by atoms with Gasteiger partial charge >= 0.3 is 0 Å². The quantitative estimate of drug-likeness (QED) is 0.831. The largest absolute Gasteiger partial charge is 0.356 e. The van der Waals surface area contributed by atoms with E-state index in [1.165, 1.54) is 0 Å². The van der Waals surface area contributed by atoms with Gasteiger partial charge in [0.25, 0.3) is 0 Å². The normalized spacial score (nSPS) is 10.8. The maximum atomic E-state index is 13.5. The molecule has 0 amide bonds. The van der Waals surface area contributed by atoms with Gasteiger partial charge in [0, 0.05) is 12.6 Å². The molecule has 0 saturated carbocycles. The summed E-state index contributed by atoms with van der Waals surface area (Å²) in [5, 5.41) is 6.96. The minimum atomic E-state index is -0.527. The minimum Gasteiger partial charge on any atom is -0.356 e. The molecule has 0 saturated heterocycles. The first kappa shape index (κ1) is 12.7. The first-order valence-electron chi connectivity index (χ1n) is 5.82. The number of aromatic nitrogens is 1. The van der Waals surface area contributed by atoms with Crippen LogP contribution in [0, 0.1) is 11.6 Å². The Morgan fingerprint density at radius 2 is 2.11 bits per heavy atom. The minimum absolute atomic E-state index is 0.0873. The third kappa shape index (κ3) is 2.92. The number of hydrogen-bond acceptors (Lipinski definition) is 3. The maximum absolute atomic E-state index is 13.5. The van der Waals surface area contributed by atoms with Crippen LogP contribution in [-0.2, 0) is 6.54 Å². The van der Waals surface area contributed by atoms with E-state index in [1.54, 1.807) is 6.07 Å². The zero-order chi connectivity index (χ0) is 13.0. The number of hydrogen-bond donors (Lipinski definition) is 1. The predicted molar refractivity (Wildman–Crippen MR) is 63.9 cm³/mol. The molecule has 5 heteroatoms. The zero-order valence-corrected chi connectivity index (χ0v) is 10.0. The lowest BCUT2D eigenvalue weighted by atomic mass is 10.1. The lowest BCUT2D eigenvalue weighted by Crippen LogP contribution is -2.13. The van der Waals surface area contributed by atoms with Crippen LogP contribution in [0.15, 0.2) is 28.8 Å². The average molecular weight is 252 g/mol. The third-order valence-electron chi connectivity index (χ3n) is 2.49. The van der Waals surface area contributed by atoms with E-state index in [-0.39, 0.29) is 11.3 Å². The molecule has 1 N–H and O–H groups in total. The molecule has 1 aromatic carbocycles. The van der Waals surface area contributed by atoms with Crippen molar-refractivity contribution in [2.75, 3.05) is 6.54 Å². The molecule has 0 aliphatic rings. The van der Waals surface area contributed by atoms with Crippen molar-refractivity contribution in [3.8, 4) is 11.3 Å². The van der Waals surface area contributed by atoms with Crippen LogP contribution in [0.2, 0.25) is 0 Å². The van der Waals surface area contributed by atoms with Gasteiger partial charge in [-0.15, -0.1) is 0 Å². The summed E-state index contributed by atoms with van der Waals surface area (Å²) >= 11 is 0. The first-order chi connectivity index (χ1) is 8.70. The van der Waals surface area contributed by atoms with Gasteiger partial charge in [0.1, 0.15) is 11.6 Å². The molecule has 0 atom stereocenters. The third-order valence-corrected chi connectivity index (χ3v) is 2.49.